The maximum Gasteiger partial charge on any atom is 0.0500 e. The second-order valence-electron chi connectivity index (χ2n) is 4.16. The van der Waals surface area contributed by atoms with Crippen molar-refractivity contribution in [2.75, 3.05) is 40.0 Å². The third kappa shape index (κ3) is 3.63. The Labute approximate surface area is 80.7 Å². The van der Waals surface area contributed by atoms with Gasteiger partial charge in [0.05, 0.1) is 0 Å². The van der Waals surface area contributed by atoms with Gasteiger partial charge in [0.25, 0.3) is 0 Å². The van der Waals surface area contributed by atoms with Crippen molar-refractivity contribution >= 4 is 0 Å². The molecule has 1 saturated heterocycles. The molecule has 78 valence electrons. The quantitative estimate of drug-likeness (QED) is 0.683. The van der Waals surface area contributed by atoms with Crippen LogP contribution in [0.15, 0.2) is 0 Å². The van der Waals surface area contributed by atoms with E-state index in [2.05, 4.69) is 11.8 Å². The molecular weight excluding hydrogens is 166 g/mol. The lowest BCUT2D eigenvalue weighted by Gasteiger charge is -2.19. The monoisotopic (exact) mass is 187 g/mol. The summed E-state index contributed by atoms with van der Waals surface area (Å²) < 4.78 is 5.09. The molecule has 1 aliphatic rings. The zero-order valence-corrected chi connectivity index (χ0v) is 8.70. The fourth-order valence-corrected chi connectivity index (χ4v) is 2.01. The zero-order valence-electron chi connectivity index (χ0n) is 8.70. The first kappa shape index (κ1) is 11.0. The van der Waals surface area contributed by atoms with Crippen LogP contribution in [0.2, 0.25) is 0 Å². The van der Waals surface area contributed by atoms with Gasteiger partial charge in [0.1, 0.15) is 0 Å². The molecule has 0 aromatic heterocycles. The summed E-state index contributed by atoms with van der Waals surface area (Å²) in [5.41, 5.74) is 0. The fourth-order valence-electron chi connectivity index (χ4n) is 2.01. The number of aliphatic hydroxyl groups is 1. The van der Waals surface area contributed by atoms with Gasteiger partial charge in [-0.1, -0.05) is 6.92 Å². The first-order valence-corrected chi connectivity index (χ1v) is 5.08. The van der Waals surface area contributed by atoms with Gasteiger partial charge in [0.2, 0.25) is 0 Å². The van der Waals surface area contributed by atoms with E-state index in [1.807, 2.05) is 0 Å². The van der Waals surface area contributed by atoms with Crippen molar-refractivity contribution in [3.05, 3.63) is 0 Å². The van der Waals surface area contributed by atoms with Crippen molar-refractivity contribution in [1.82, 2.24) is 4.90 Å². The average molecular weight is 187 g/mol. The highest BCUT2D eigenvalue weighted by molar-refractivity contribution is 4.75. The van der Waals surface area contributed by atoms with Crippen LogP contribution in [-0.4, -0.2) is 50.0 Å². The summed E-state index contributed by atoms with van der Waals surface area (Å²) in [5, 5.41) is 8.97. The molecule has 1 rings (SSSR count). The Hall–Kier alpha value is -0.120. The maximum atomic E-state index is 8.97. The van der Waals surface area contributed by atoms with Crippen LogP contribution in [0.1, 0.15) is 13.3 Å². The standard InChI is InChI=1S/C10H21NO2/c1-9(8-13-2)5-11-4-3-10(6-11)7-12/h9-10,12H,3-8H2,1-2H3. The molecule has 13 heavy (non-hydrogen) atoms. The molecule has 0 radical (unpaired) electrons. The number of ether oxygens (including phenoxy) is 1. The topological polar surface area (TPSA) is 32.7 Å². The van der Waals surface area contributed by atoms with Gasteiger partial charge < -0.3 is 14.7 Å². The summed E-state index contributed by atoms with van der Waals surface area (Å²) in [6.45, 7) is 6.68. The molecule has 0 aliphatic carbocycles. The van der Waals surface area contributed by atoms with Crippen LogP contribution in [0, 0.1) is 11.8 Å². The Morgan fingerprint density at radius 1 is 1.62 bits per heavy atom. The first-order chi connectivity index (χ1) is 6.26. The van der Waals surface area contributed by atoms with E-state index in [1.54, 1.807) is 7.11 Å². The number of nitrogens with zero attached hydrogens (tertiary/aromatic N) is 1. The molecule has 1 fully saturated rings. The van der Waals surface area contributed by atoms with Gasteiger partial charge in [0, 0.05) is 33.4 Å². The van der Waals surface area contributed by atoms with Crippen molar-refractivity contribution in [2.45, 2.75) is 13.3 Å². The molecular formula is C10H21NO2. The average Bonchev–Trinajstić information content (AvgIpc) is 2.52. The highest BCUT2D eigenvalue weighted by Gasteiger charge is 2.22. The van der Waals surface area contributed by atoms with Crippen LogP contribution in [0.3, 0.4) is 0 Å². The molecule has 0 aromatic rings. The Bertz CT molecular complexity index is 141. The largest absolute Gasteiger partial charge is 0.396 e. The van der Waals surface area contributed by atoms with E-state index in [4.69, 9.17) is 9.84 Å². The van der Waals surface area contributed by atoms with E-state index in [0.29, 0.717) is 18.4 Å². The van der Waals surface area contributed by atoms with Crippen LogP contribution >= 0.6 is 0 Å². The van der Waals surface area contributed by atoms with Crippen LogP contribution in [0.5, 0.6) is 0 Å². The zero-order chi connectivity index (χ0) is 9.68. The van der Waals surface area contributed by atoms with E-state index >= 15 is 0 Å². The molecule has 0 bridgehead atoms. The smallest absolute Gasteiger partial charge is 0.0500 e. The number of hydrogen-bond donors (Lipinski definition) is 1. The number of rotatable bonds is 5. The van der Waals surface area contributed by atoms with Gasteiger partial charge in [-0.15, -0.1) is 0 Å². The number of methoxy groups -OCH3 is 1. The van der Waals surface area contributed by atoms with Gasteiger partial charge in [-0.3, -0.25) is 0 Å². The molecule has 0 aromatic carbocycles. The second-order valence-corrected chi connectivity index (χ2v) is 4.16. The van der Waals surface area contributed by atoms with E-state index in [9.17, 15) is 0 Å². The van der Waals surface area contributed by atoms with Crippen LogP contribution in [-0.2, 0) is 4.74 Å². The van der Waals surface area contributed by atoms with E-state index in [1.165, 1.54) is 0 Å². The van der Waals surface area contributed by atoms with Crippen molar-refractivity contribution in [1.29, 1.82) is 0 Å². The highest BCUT2D eigenvalue weighted by Crippen LogP contribution is 2.16. The summed E-state index contributed by atoms with van der Waals surface area (Å²) in [5.74, 6) is 1.11. The van der Waals surface area contributed by atoms with Gasteiger partial charge >= 0.3 is 0 Å². The predicted octanol–water partition coefficient (Wildman–Crippen LogP) is 0.583. The Kier molecular flexibility index (Phi) is 4.70. The first-order valence-electron chi connectivity index (χ1n) is 5.08. The van der Waals surface area contributed by atoms with Crippen LogP contribution in [0.4, 0.5) is 0 Å². The minimum absolute atomic E-state index is 0.342. The van der Waals surface area contributed by atoms with Crippen molar-refractivity contribution < 1.29 is 9.84 Å². The van der Waals surface area contributed by atoms with Crippen LogP contribution in [0.25, 0.3) is 0 Å². The summed E-state index contributed by atoms with van der Waals surface area (Å²) in [6, 6.07) is 0. The molecule has 3 nitrogen and oxygen atoms in total. The van der Waals surface area contributed by atoms with E-state index in [0.717, 1.165) is 32.7 Å². The lowest BCUT2D eigenvalue weighted by molar-refractivity contribution is 0.134. The highest BCUT2D eigenvalue weighted by atomic mass is 16.5. The molecule has 1 aliphatic heterocycles. The lowest BCUT2D eigenvalue weighted by atomic mass is 10.1. The predicted molar refractivity (Wildman–Crippen MR) is 52.7 cm³/mol. The second kappa shape index (κ2) is 5.58. The molecule has 2 unspecified atom stereocenters. The summed E-state index contributed by atoms with van der Waals surface area (Å²) in [4.78, 5) is 2.42. The fraction of sp³-hybridized carbons (Fsp3) is 1.00. The Morgan fingerprint density at radius 3 is 2.92 bits per heavy atom. The molecule has 1 heterocycles. The van der Waals surface area contributed by atoms with Gasteiger partial charge in [0.15, 0.2) is 0 Å². The van der Waals surface area contributed by atoms with Crippen molar-refractivity contribution in [3.8, 4) is 0 Å². The van der Waals surface area contributed by atoms with Gasteiger partial charge in [-0.2, -0.15) is 0 Å². The number of hydrogen-bond acceptors (Lipinski definition) is 3. The third-order valence-electron chi connectivity index (χ3n) is 2.65. The summed E-state index contributed by atoms with van der Waals surface area (Å²) >= 11 is 0. The minimum atomic E-state index is 0.342. The Morgan fingerprint density at radius 2 is 2.38 bits per heavy atom. The summed E-state index contributed by atoms with van der Waals surface area (Å²) in [7, 11) is 1.75. The molecule has 0 saturated carbocycles. The lowest BCUT2D eigenvalue weighted by Crippen LogP contribution is -2.28. The van der Waals surface area contributed by atoms with Crippen molar-refractivity contribution in [3.63, 3.8) is 0 Å². The molecule has 0 spiro atoms. The normalized spacial score (nSPS) is 26.5. The van der Waals surface area contributed by atoms with Gasteiger partial charge in [-0.25, -0.2) is 0 Å². The number of likely N-dealkylation sites (tertiary alicyclic amines) is 1. The summed E-state index contributed by atoms with van der Waals surface area (Å²) in [6.07, 6.45) is 1.15. The SMILES string of the molecule is COCC(C)CN1CCC(CO)C1. The van der Waals surface area contributed by atoms with E-state index < -0.39 is 0 Å². The Balaban J connectivity index is 2.16. The molecule has 0 amide bonds. The van der Waals surface area contributed by atoms with Crippen molar-refractivity contribution in [2.24, 2.45) is 11.8 Å². The molecule has 1 N–H and O–H groups in total. The molecule has 2 atom stereocenters. The van der Waals surface area contributed by atoms with Crippen LogP contribution < -0.4 is 0 Å². The number of aliphatic hydroxyl groups excluding tert-OH is 1. The molecule has 3 heteroatoms. The maximum absolute atomic E-state index is 8.97. The minimum Gasteiger partial charge on any atom is -0.396 e. The van der Waals surface area contributed by atoms with E-state index in [-0.39, 0.29) is 0 Å². The van der Waals surface area contributed by atoms with Gasteiger partial charge in [-0.05, 0) is 24.8 Å². The third-order valence-corrected chi connectivity index (χ3v) is 2.65.